The number of benzene rings is 2. The lowest BCUT2D eigenvalue weighted by Crippen LogP contribution is -2.52. The van der Waals surface area contributed by atoms with Crippen molar-refractivity contribution in [1.82, 2.24) is 10.6 Å². The van der Waals surface area contributed by atoms with E-state index in [9.17, 15) is 23.8 Å². The topological polar surface area (TPSA) is 81.6 Å². The Kier molecular flexibility index (Phi) is 8.12. The van der Waals surface area contributed by atoms with Gasteiger partial charge in [0.2, 0.25) is 5.91 Å². The lowest BCUT2D eigenvalue weighted by molar-refractivity contribution is -0.120. The SMILES string of the molecule is CC(=O)NC(Cc1cc(F)cc(F)c1)C(O)CNC1(c2cccc(C(C)C)c2)CC2CC(O)CC2C1. The van der Waals surface area contributed by atoms with Crippen LogP contribution in [-0.2, 0) is 16.8 Å². The minimum atomic E-state index is -0.976. The molecule has 7 heteroatoms. The van der Waals surface area contributed by atoms with Crippen molar-refractivity contribution < 1.29 is 23.8 Å². The van der Waals surface area contributed by atoms with E-state index in [1.807, 2.05) is 0 Å². The molecule has 0 aliphatic heterocycles. The summed E-state index contributed by atoms with van der Waals surface area (Å²) >= 11 is 0. The van der Waals surface area contributed by atoms with Crippen LogP contribution in [0.25, 0.3) is 0 Å². The van der Waals surface area contributed by atoms with Crippen molar-refractivity contribution in [3.63, 3.8) is 0 Å². The van der Waals surface area contributed by atoms with Crippen molar-refractivity contribution in [2.75, 3.05) is 6.54 Å². The van der Waals surface area contributed by atoms with Gasteiger partial charge in [-0.15, -0.1) is 0 Å². The smallest absolute Gasteiger partial charge is 0.217 e. The number of carbonyl (C=O) groups is 1. The van der Waals surface area contributed by atoms with Gasteiger partial charge in [-0.25, -0.2) is 8.78 Å². The molecule has 36 heavy (non-hydrogen) atoms. The summed E-state index contributed by atoms with van der Waals surface area (Å²) in [6.45, 7) is 5.89. The van der Waals surface area contributed by atoms with E-state index in [1.54, 1.807) is 0 Å². The summed E-state index contributed by atoms with van der Waals surface area (Å²) in [6.07, 6.45) is 2.19. The van der Waals surface area contributed by atoms with Gasteiger partial charge in [-0.05, 0) is 78.7 Å². The minimum absolute atomic E-state index is 0.102. The van der Waals surface area contributed by atoms with Crippen molar-refractivity contribution in [3.05, 3.63) is 70.8 Å². The molecule has 0 bridgehead atoms. The highest BCUT2D eigenvalue weighted by molar-refractivity contribution is 5.73. The van der Waals surface area contributed by atoms with Crippen molar-refractivity contribution in [3.8, 4) is 0 Å². The summed E-state index contributed by atoms with van der Waals surface area (Å²) in [5, 5.41) is 27.8. The first-order chi connectivity index (χ1) is 17.0. The van der Waals surface area contributed by atoms with E-state index >= 15 is 0 Å². The predicted molar refractivity (Wildman–Crippen MR) is 135 cm³/mol. The largest absolute Gasteiger partial charge is 0.393 e. The van der Waals surface area contributed by atoms with Crippen LogP contribution < -0.4 is 10.6 Å². The molecule has 2 aromatic carbocycles. The van der Waals surface area contributed by atoms with E-state index in [0.717, 1.165) is 31.7 Å². The van der Waals surface area contributed by atoms with Gasteiger partial charge in [0.25, 0.3) is 0 Å². The molecule has 4 unspecified atom stereocenters. The second-order valence-corrected chi connectivity index (χ2v) is 11.2. The highest BCUT2D eigenvalue weighted by Crippen LogP contribution is 2.53. The number of halogens is 2. The predicted octanol–water partition coefficient (Wildman–Crippen LogP) is 4.16. The number of hydrogen-bond donors (Lipinski definition) is 4. The molecule has 0 aromatic heterocycles. The second-order valence-electron chi connectivity index (χ2n) is 11.2. The highest BCUT2D eigenvalue weighted by atomic mass is 19.1. The number of aliphatic hydroxyl groups is 2. The maximum Gasteiger partial charge on any atom is 0.217 e. The lowest BCUT2D eigenvalue weighted by Gasteiger charge is -2.35. The molecule has 4 rings (SSSR count). The first-order valence-corrected chi connectivity index (χ1v) is 13.0. The summed E-state index contributed by atoms with van der Waals surface area (Å²) in [6, 6.07) is 11.1. The van der Waals surface area contributed by atoms with Crippen molar-refractivity contribution in [2.45, 2.75) is 82.6 Å². The van der Waals surface area contributed by atoms with Crippen LogP contribution in [0.2, 0.25) is 0 Å². The van der Waals surface area contributed by atoms with Crippen LogP contribution in [0.4, 0.5) is 8.78 Å². The number of aliphatic hydroxyl groups excluding tert-OH is 2. The van der Waals surface area contributed by atoms with Crippen LogP contribution in [0.3, 0.4) is 0 Å². The Morgan fingerprint density at radius 3 is 2.31 bits per heavy atom. The van der Waals surface area contributed by atoms with E-state index < -0.39 is 23.8 Å². The van der Waals surface area contributed by atoms with E-state index in [-0.39, 0.29) is 30.5 Å². The zero-order valence-corrected chi connectivity index (χ0v) is 21.3. The lowest BCUT2D eigenvalue weighted by atomic mass is 9.83. The van der Waals surface area contributed by atoms with E-state index in [1.165, 1.54) is 30.2 Å². The Balaban J connectivity index is 1.55. The van der Waals surface area contributed by atoms with Crippen molar-refractivity contribution >= 4 is 5.91 Å². The highest BCUT2D eigenvalue weighted by Gasteiger charge is 2.50. The van der Waals surface area contributed by atoms with Gasteiger partial charge in [-0.2, -0.15) is 0 Å². The first-order valence-electron chi connectivity index (χ1n) is 13.0. The Bertz CT molecular complexity index is 1040. The molecule has 5 nitrogen and oxygen atoms in total. The maximum absolute atomic E-state index is 13.7. The van der Waals surface area contributed by atoms with Gasteiger partial charge in [-0.3, -0.25) is 4.79 Å². The fourth-order valence-electron chi connectivity index (χ4n) is 6.31. The van der Waals surface area contributed by atoms with Gasteiger partial charge in [0.1, 0.15) is 11.6 Å². The average molecular weight is 501 g/mol. The van der Waals surface area contributed by atoms with E-state index in [0.29, 0.717) is 23.3 Å². The molecular weight excluding hydrogens is 462 g/mol. The molecule has 1 amide bonds. The molecule has 2 aromatic rings. The van der Waals surface area contributed by atoms with Gasteiger partial charge < -0.3 is 20.8 Å². The van der Waals surface area contributed by atoms with Crippen LogP contribution in [0.5, 0.6) is 0 Å². The van der Waals surface area contributed by atoms with Crippen LogP contribution in [-0.4, -0.2) is 40.9 Å². The van der Waals surface area contributed by atoms with Gasteiger partial charge in [0.05, 0.1) is 18.2 Å². The molecular formula is C29H38F2N2O3. The number of rotatable bonds is 9. The Morgan fingerprint density at radius 1 is 1.08 bits per heavy atom. The quantitative estimate of drug-likeness (QED) is 0.417. The number of nitrogens with one attached hydrogen (secondary N) is 2. The van der Waals surface area contributed by atoms with Crippen LogP contribution in [0.1, 0.15) is 69.1 Å². The Hall–Kier alpha value is -2.35. The molecule has 4 N–H and O–H groups in total. The molecule has 4 atom stereocenters. The molecule has 2 saturated carbocycles. The maximum atomic E-state index is 13.7. The van der Waals surface area contributed by atoms with Crippen LogP contribution in [0, 0.1) is 23.5 Å². The third-order valence-corrected chi connectivity index (χ3v) is 8.02. The average Bonchev–Trinajstić information content (AvgIpc) is 3.31. The fourth-order valence-corrected chi connectivity index (χ4v) is 6.31. The number of carbonyl (C=O) groups excluding carboxylic acids is 1. The van der Waals surface area contributed by atoms with Crippen molar-refractivity contribution in [1.29, 1.82) is 0 Å². The summed E-state index contributed by atoms with van der Waals surface area (Å²) in [4.78, 5) is 11.9. The second kappa shape index (κ2) is 11.0. The summed E-state index contributed by atoms with van der Waals surface area (Å²) in [5.74, 6) is -0.501. The molecule has 0 saturated heterocycles. The Morgan fingerprint density at radius 2 is 1.72 bits per heavy atom. The van der Waals surface area contributed by atoms with Gasteiger partial charge in [0.15, 0.2) is 0 Å². The Labute approximate surface area is 212 Å². The number of hydrogen-bond acceptors (Lipinski definition) is 4. The van der Waals surface area contributed by atoms with E-state index in [2.05, 4.69) is 48.7 Å². The van der Waals surface area contributed by atoms with Gasteiger partial charge in [0, 0.05) is 25.1 Å². The van der Waals surface area contributed by atoms with Crippen LogP contribution in [0.15, 0.2) is 42.5 Å². The van der Waals surface area contributed by atoms with E-state index in [4.69, 9.17) is 0 Å². The molecule has 0 heterocycles. The first kappa shape index (κ1) is 26.7. The molecule has 0 radical (unpaired) electrons. The molecule has 2 fully saturated rings. The van der Waals surface area contributed by atoms with Gasteiger partial charge in [-0.1, -0.05) is 38.1 Å². The number of amides is 1. The molecule has 2 aliphatic rings. The monoisotopic (exact) mass is 500 g/mol. The van der Waals surface area contributed by atoms with Crippen LogP contribution >= 0.6 is 0 Å². The standard InChI is InChI=1S/C29H38F2N2O3/c1-17(2)20-5-4-6-23(10-20)29(14-21-11-26(35)12-22(21)15-29)32-16-28(36)27(33-18(3)34)9-19-7-24(30)13-25(31)8-19/h4-8,10,13,17,21-22,26-28,32,35-36H,9,11-12,14-16H2,1-3H3,(H,33,34). The zero-order valence-electron chi connectivity index (χ0n) is 21.3. The zero-order chi connectivity index (χ0) is 26.0. The van der Waals surface area contributed by atoms with Crippen molar-refractivity contribution in [2.24, 2.45) is 11.8 Å². The summed E-state index contributed by atoms with van der Waals surface area (Å²) in [5.41, 5.74) is 2.44. The normalized spacial score (nSPS) is 27.2. The molecule has 0 spiro atoms. The molecule has 196 valence electrons. The third kappa shape index (κ3) is 6.13. The summed E-state index contributed by atoms with van der Waals surface area (Å²) in [7, 11) is 0. The minimum Gasteiger partial charge on any atom is -0.393 e. The molecule has 2 aliphatic carbocycles. The third-order valence-electron chi connectivity index (χ3n) is 8.02. The number of fused-ring (bicyclic) bond motifs is 1. The summed E-state index contributed by atoms with van der Waals surface area (Å²) < 4.78 is 27.5. The van der Waals surface area contributed by atoms with Gasteiger partial charge >= 0.3 is 0 Å². The fraction of sp³-hybridized carbons (Fsp3) is 0.552.